The Morgan fingerprint density at radius 1 is 1.16 bits per heavy atom. The number of carbonyl (C=O) groups is 1. The minimum Gasteiger partial charge on any atom is -0.493 e. The van der Waals surface area contributed by atoms with Gasteiger partial charge in [-0.15, -0.1) is 0 Å². The molecule has 1 aromatic carbocycles. The van der Waals surface area contributed by atoms with E-state index in [1.165, 1.54) is 19.3 Å². The Morgan fingerprint density at radius 3 is 2.80 bits per heavy atom. The molecule has 3 aliphatic rings. The highest BCUT2D eigenvalue weighted by atomic mass is 16.5. The molecule has 0 aromatic heterocycles. The molecule has 2 amide bonds. The number of fused-ring (bicyclic) bond motifs is 1. The molecule has 1 N–H and O–H groups in total. The van der Waals surface area contributed by atoms with Gasteiger partial charge >= 0.3 is 6.03 Å². The lowest BCUT2D eigenvalue weighted by Gasteiger charge is -2.37. The van der Waals surface area contributed by atoms with Gasteiger partial charge in [0.1, 0.15) is 5.75 Å². The number of nitrogens with zero attached hydrogens (tertiary/aromatic N) is 1. The number of urea groups is 1. The fraction of sp³-hybridized carbons (Fsp3) is 0.650. The molecule has 0 spiro atoms. The maximum atomic E-state index is 12.7. The molecule has 3 fully saturated rings. The highest BCUT2D eigenvalue weighted by Crippen LogP contribution is 2.37. The van der Waals surface area contributed by atoms with Crippen LogP contribution in [0.1, 0.15) is 38.5 Å². The van der Waals surface area contributed by atoms with Crippen LogP contribution in [-0.4, -0.2) is 43.3 Å². The molecule has 25 heavy (non-hydrogen) atoms. The number of anilines is 1. The van der Waals surface area contributed by atoms with Gasteiger partial charge < -0.3 is 19.7 Å². The molecule has 0 radical (unpaired) electrons. The van der Waals surface area contributed by atoms with Gasteiger partial charge in [0.05, 0.1) is 13.2 Å². The Hall–Kier alpha value is -1.75. The largest absolute Gasteiger partial charge is 0.493 e. The third kappa shape index (κ3) is 3.92. The van der Waals surface area contributed by atoms with Gasteiger partial charge in [-0.05, 0) is 62.3 Å². The first-order chi connectivity index (χ1) is 12.3. The topological polar surface area (TPSA) is 50.8 Å². The lowest BCUT2D eigenvalue weighted by molar-refractivity contribution is 0.138. The van der Waals surface area contributed by atoms with E-state index in [4.69, 9.17) is 9.47 Å². The van der Waals surface area contributed by atoms with E-state index in [0.717, 1.165) is 56.4 Å². The van der Waals surface area contributed by atoms with Crippen LogP contribution in [0.4, 0.5) is 10.5 Å². The second-order valence-electron chi connectivity index (χ2n) is 7.59. The summed E-state index contributed by atoms with van der Waals surface area (Å²) < 4.78 is 11.2. The smallest absolute Gasteiger partial charge is 0.322 e. The molecule has 2 aliphatic heterocycles. The second-order valence-corrected chi connectivity index (χ2v) is 7.59. The van der Waals surface area contributed by atoms with E-state index in [-0.39, 0.29) is 6.03 Å². The van der Waals surface area contributed by atoms with E-state index in [9.17, 15) is 4.79 Å². The number of benzene rings is 1. The van der Waals surface area contributed by atoms with Crippen LogP contribution < -0.4 is 10.1 Å². The van der Waals surface area contributed by atoms with Crippen molar-refractivity contribution in [2.45, 2.75) is 44.6 Å². The van der Waals surface area contributed by atoms with Crippen molar-refractivity contribution in [3.63, 3.8) is 0 Å². The van der Waals surface area contributed by atoms with Crippen LogP contribution in [0.25, 0.3) is 0 Å². The molecule has 0 unspecified atom stereocenters. The zero-order valence-corrected chi connectivity index (χ0v) is 14.8. The van der Waals surface area contributed by atoms with Crippen LogP contribution >= 0.6 is 0 Å². The summed E-state index contributed by atoms with van der Waals surface area (Å²) in [7, 11) is 0. The predicted molar refractivity (Wildman–Crippen MR) is 97.0 cm³/mol. The first-order valence-electron chi connectivity index (χ1n) is 9.68. The highest BCUT2D eigenvalue weighted by Gasteiger charge is 2.37. The molecule has 1 saturated carbocycles. The number of hydrogen-bond acceptors (Lipinski definition) is 3. The number of piperidine rings is 1. The first kappa shape index (κ1) is 16.7. The van der Waals surface area contributed by atoms with Crippen LogP contribution in [0.15, 0.2) is 24.3 Å². The molecule has 2 saturated heterocycles. The molecular weight excluding hydrogens is 316 g/mol. The van der Waals surface area contributed by atoms with E-state index < -0.39 is 0 Å². The fourth-order valence-corrected chi connectivity index (χ4v) is 4.46. The predicted octanol–water partition coefficient (Wildman–Crippen LogP) is 3.90. The van der Waals surface area contributed by atoms with Crippen LogP contribution in [-0.2, 0) is 4.74 Å². The monoisotopic (exact) mass is 344 g/mol. The Labute approximate surface area is 149 Å². The summed E-state index contributed by atoms with van der Waals surface area (Å²) in [6.07, 6.45) is 7.20. The molecule has 4 rings (SSSR count). The third-order valence-electron chi connectivity index (χ3n) is 5.87. The van der Waals surface area contributed by atoms with Crippen LogP contribution in [0.3, 0.4) is 0 Å². The van der Waals surface area contributed by atoms with Gasteiger partial charge in [0.15, 0.2) is 0 Å². The molecule has 1 aromatic rings. The standard InChI is InChI=1S/C20H28N2O3/c23-20(22-11-2-4-16-3-1-5-19(16)22)21-17-6-8-18(9-7-17)25-14-15-10-12-24-13-15/h6-9,15-16,19H,1-5,10-14H2,(H,21,23)/t15-,16-,19+/m1/s1. The van der Waals surface area contributed by atoms with E-state index in [1.807, 2.05) is 24.3 Å². The molecule has 136 valence electrons. The molecule has 2 heterocycles. The van der Waals surface area contributed by atoms with E-state index in [2.05, 4.69) is 10.2 Å². The Kier molecular flexibility index (Phi) is 5.11. The average molecular weight is 344 g/mol. The SMILES string of the molecule is O=C(Nc1ccc(OC[C@@H]2CCOC2)cc1)N1CCC[C@H]2CCC[C@@H]21. The van der Waals surface area contributed by atoms with Gasteiger partial charge in [-0.1, -0.05) is 6.42 Å². The Balaban J connectivity index is 1.30. The molecule has 5 nitrogen and oxygen atoms in total. The number of ether oxygens (including phenoxy) is 2. The van der Waals surface area contributed by atoms with Crippen molar-refractivity contribution in [2.75, 3.05) is 31.7 Å². The summed E-state index contributed by atoms with van der Waals surface area (Å²) in [5.74, 6) is 2.06. The van der Waals surface area contributed by atoms with Crippen LogP contribution in [0.2, 0.25) is 0 Å². The average Bonchev–Trinajstić information content (AvgIpc) is 3.32. The normalized spacial score (nSPS) is 28.6. The van der Waals surface area contributed by atoms with Crippen molar-refractivity contribution in [1.82, 2.24) is 4.90 Å². The van der Waals surface area contributed by atoms with Crippen molar-refractivity contribution in [3.8, 4) is 5.75 Å². The van der Waals surface area contributed by atoms with Gasteiger partial charge in [-0.25, -0.2) is 4.79 Å². The van der Waals surface area contributed by atoms with Gasteiger partial charge in [0, 0.05) is 30.8 Å². The lowest BCUT2D eigenvalue weighted by Crippen LogP contribution is -2.48. The number of rotatable bonds is 4. The summed E-state index contributed by atoms with van der Waals surface area (Å²) in [4.78, 5) is 14.7. The maximum absolute atomic E-state index is 12.7. The Bertz CT molecular complexity index is 583. The minimum absolute atomic E-state index is 0.0494. The number of nitrogens with one attached hydrogen (secondary N) is 1. The number of carbonyl (C=O) groups excluding carboxylic acids is 1. The quantitative estimate of drug-likeness (QED) is 0.901. The minimum atomic E-state index is 0.0494. The maximum Gasteiger partial charge on any atom is 0.322 e. The first-order valence-corrected chi connectivity index (χ1v) is 9.68. The zero-order valence-electron chi connectivity index (χ0n) is 14.8. The van der Waals surface area contributed by atoms with E-state index >= 15 is 0 Å². The van der Waals surface area contributed by atoms with Crippen LogP contribution in [0, 0.1) is 11.8 Å². The van der Waals surface area contributed by atoms with Gasteiger partial charge in [0.25, 0.3) is 0 Å². The lowest BCUT2D eigenvalue weighted by atomic mass is 9.92. The summed E-state index contributed by atoms with van der Waals surface area (Å²) in [5, 5.41) is 3.06. The third-order valence-corrected chi connectivity index (χ3v) is 5.87. The van der Waals surface area contributed by atoms with Gasteiger partial charge in [0.2, 0.25) is 0 Å². The van der Waals surface area contributed by atoms with Crippen molar-refractivity contribution in [3.05, 3.63) is 24.3 Å². The molecule has 0 bridgehead atoms. The van der Waals surface area contributed by atoms with Crippen molar-refractivity contribution in [2.24, 2.45) is 11.8 Å². The second kappa shape index (κ2) is 7.65. The van der Waals surface area contributed by atoms with Crippen LogP contribution in [0.5, 0.6) is 5.75 Å². The molecule has 1 aliphatic carbocycles. The van der Waals surface area contributed by atoms with E-state index in [0.29, 0.717) is 18.6 Å². The van der Waals surface area contributed by atoms with Gasteiger partial charge in [-0.3, -0.25) is 0 Å². The highest BCUT2D eigenvalue weighted by molar-refractivity contribution is 5.89. The molecule has 3 atom stereocenters. The summed E-state index contributed by atoms with van der Waals surface area (Å²) in [6.45, 7) is 3.23. The number of hydrogen-bond donors (Lipinski definition) is 1. The summed E-state index contributed by atoms with van der Waals surface area (Å²) >= 11 is 0. The van der Waals surface area contributed by atoms with E-state index in [1.54, 1.807) is 0 Å². The van der Waals surface area contributed by atoms with Gasteiger partial charge in [-0.2, -0.15) is 0 Å². The molecular formula is C20H28N2O3. The Morgan fingerprint density at radius 2 is 2.00 bits per heavy atom. The van der Waals surface area contributed by atoms with Crippen molar-refractivity contribution >= 4 is 11.7 Å². The zero-order chi connectivity index (χ0) is 17.1. The summed E-state index contributed by atoms with van der Waals surface area (Å²) in [6, 6.07) is 8.21. The summed E-state index contributed by atoms with van der Waals surface area (Å²) in [5.41, 5.74) is 0.835. The van der Waals surface area contributed by atoms with Crippen molar-refractivity contribution < 1.29 is 14.3 Å². The molecule has 5 heteroatoms. The number of amides is 2. The fourth-order valence-electron chi connectivity index (χ4n) is 4.46. The van der Waals surface area contributed by atoms with Crippen molar-refractivity contribution in [1.29, 1.82) is 0 Å². The number of likely N-dealkylation sites (tertiary alicyclic amines) is 1.